The van der Waals surface area contributed by atoms with E-state index >= 15 is 0 Å². The molecule has 5 nitrogen and oxygen atoms in total. The van der Waals surface area contributed by atoms with Crippen molar-refractivity contribution in [2.45, 2.75) is 13.0 Å². The van der Waals surface area contributed by atoms with Gasteiger partial charge in [-0.1, -0.05) is 0 Å². The van der Waals surface area contributed by atoms with Crippen LogP contribution in [0.1, 0.15) is 17.2 Å². The van der Waals surface area contributed by atoms with E-state index in [4.69, 9.17) is 10.8 Å². The highest BCUT2D eigenvalue weighted by molar-refractivity contribution is 5.75. The van der Waals surface area contributed by atoms with Crippen molar-refractivity contribution in [1.29, 1.82) is 0 Å². The first-order valence-electron chi connectivity index (χ1n) is 3.70. The Labute approximate surface area is 74.2 Å². The number of pyridine rings is 1. The van der Waals surface area contributed by atoms with Crippen LogP contribution in [0.5, 0.6) is 0 Å². The smallest absolute Gasteiger partial charge is 0.325 e. The highest BCUT2D eigenvalue weighted by atomic mass is 16.4. The van der Waals surface area contributed by atoms with Gasteiger partial charge in [0.1, 0.15) is 6.04 Å². The van der Waals surface area contributed by atoms with Crippen LogP contribution in [-0.2, 0) is 4.79 Å². The van der Waals surface area contributed by atoms with Gasteiger partial charge in [-0.3, -0.25) is 9.59 Å². The maximum atomic E-state index is 10.9. The summed E-state index contributed by atoms with van der Waals surface area (Å²) in [5.41, 5.74) is 5.95. The topological polar surface area (TPSA) is 96.2 Å². The number of hydrogen-bond acceptors (Lipinski definition) is 3. The number of aromatic nitrogens is 1. The molecule has 0 spiro atoms. The minimum atomic E-state index is -1.12. The average molecular weight is 182 g/mol. The van der Waals surface area contributed by atoms with Crippen molar-refractivity contribution < 1.29 is 9.90 Å². The van der Waals surface area contributed by atoms with Crippen LogP contribution < -0.4 is 11.3 Å². The fourth-order valence-corrected chi connectivity index (χ4v) is 0.942. The quantitative estimate of drug-likeness (QED) is 0.588. The molecule has 1 aromatic heterocycles. The number of carboxylic acid groups (broad SMARTS) is 1. The van der Waals surface area contributed by atoms with Crippen LogP contribution in [0, 0.1) is 6.92 Å². The maximum Gasteiger partial charge on any atom is 0.325 e. The SMILES string of the molecule is Cc1cc([C@H](N)C(=O)O)c[nH]c1=O. The summed E-state index contributed by atoms with van der Waals surface area (Å²) in [5.74, 6) is -1.12. The van der Waals surface area contributed by atoms with E-state index in [9.17, 15) is 9.59 Å². The fraction of sp³-hybridized carbons (Fsp3) is 0.250. The molecule has 5 heteroatoms. The second-order valence-corrected chi connectivity index (χ2v) is 2.76. The largest absolute Gasteiger partial charge is 0.480 e. The highest BCUT2D eigenvalue weighted by Crippen LogP contribution is 2.07. The molecular weight excluding hydrogens is 172 g/mol. The summed E-state index contributed by atoms with van der Waals surface area (Å²) in [5, 5.41) is 8.58. The molecule has 0 bridgehead atoms. The number of aromatic amines is 1. The number of H-pyrrole nitrogens is 1. The molecule has 0 amide bonds. The van der Waals surface area contributed by atoms with Crippen molar-refractivity contribution in [2.24, 2.45) is 5.73 Å². The summed E-state index contributed by atoms with van der Waals surface area (Å²) in [6, 6.07) is 0.382. The second kappa shape index (κ2) is 3.40. The Kier molecular flexibility index (Phi) is 2.48. The number of aliphatic carboxylic acids is 1. The van der Waals surface area contributed by atoms with Crippen LogP contribution in [0.15, 0.2) is 17.1 Å². The van der Waals surface area contributed by atoms with E-state index in [0.717, 1.165) is 0 Å². The standard InChI is InChI=1S/C8H10N2O3/c1-4-2-5(3-10-7(4)11)6(9)8(12)13/h2-3,6H,9H2,1H3,(H,10,11)(H,12,13)/t6-/m0/s1. The van der Waals surface area contributed by atoms with E-state index < -0.39 is 12.0 Å². The van der Waals surface area contributed by atoms with Gasteiger partial charge in [0.15, 0.2) is 0 Å². The van der Waals surface area contributed by atoms with Crippen molar-refractivity contribution in [3.05, 3.63) is 33.7 Å². The summed E-state index contributed by atoms with van der Waals surface area (Å²) in [4.78, 5) is 23.8. The van der Waals surface area contributed by atoms with Gasteiger partial charge in [0.25, 0.3) is 5.56 Å². The zero-order chi connectivity index (χ0) is 10.0. The number of rotatable bonds is 2. The number of hydrogen-bond donors (Lipinski definition) is 3. The third-order valence-electron chi connectivity index (χ3n) is 1.74. The molecule has 0 radical (unpaired) electrons. The Balaban J connectivity index is 3.11. The van der Waals surface area contributed by atoms with Crippen LogP contribution in [-0.4, -0.2) is 16.1 Å². The molecule has 1 atom stereocenters. The lowest BCUT2D eigenvalue weighted by Crippen LogP contribution is -2.22. The van der Waals surface area contributed by atoms with E-state index in [1.807, 2.05) is 0 Å². The van der Waals surface area contributed by atoms with Crippen LogP contribution in [0.4, 0.5) is 0 Å². The van der Waals surface area contributed by atoms with Gasteiger partial charge in [-0.25, -0.2) is 0 Å². The molecule has 13 heavy (non-hydrogen) atoms. The predicted molar refractivity (Wildman–Crippen MR) is 46.4 cm³/mol. The monoisotopic (exact) mass is 182 g/mol. The molecule has 0 unspecified atom stereocenters. The van der Waals surface area contributed by atoms with Gasteiger partial charge in [-0.15, -0.1) is 0 Å². The molecule has 1 heterocycles. The van der Waals surface area contributed by atoms with Gasteiger partial charge in [0, 0.05) is 11.8 Å². The Hall–Kier alpha value is -1.62. The van der Waals surface area contributed by atoms with E-state index in [1.54, 1.807) is 6.92 Å². The van der Waals surface area contributed by atoms with Gasteiger partial charge < -0.3 is 15.8 Å². The first-order valence-corrected chi connectivity index (χ1v) is 3.70. The maximum absolute atomic E-state index is 10.9. The highest BCUT2D eigenvalue weighted by Gasteiger charge is 2.14. The lowest BCUT2D eigenvalue weighted by Gasteiger charge is -2.05. The first-order chi connectivity index (χ1) is 6.02. The Morgan fingerprint density at radius 2 is 2.31 bits per heavy atom. The molecule has 70 valence electrons. The minimum absolute atomic E-state index is 0.235. The molecule has 0 aliphatic rings. The van der Waals surface area contributed by atoms with Crippen LogP contribution in [0.25, 0.3) is 0 Å². The average Bonchev–Trinajstić information content (AvgIpc) is 2.08. The van der Waals surface area contributed by atoms with Crippen molar-refractivity contribution >= 4 is 5.97 Å². The van der Waals surface area contributed by atoms with Crippen LogP contribution in [0.3, 0.4) is 0 Å². The number of aryl methyl sites for hydroxylation is 1. The van der Waals surface area contributed by atoms with E-state index in [-0.39, 0.29) is 5.56 Å². The van der Waals surface area contributed by atoms with Crippen molar-refractivity contribution in [3.8, 4) is 0 Å². The molecule has 0 aliphatic carbocycles. The summed E-state index contributed by atoms with van der Waals surface area (Å²) < 4.78 is 0. The number of carboxylic acids is 1. The minimum Gasteiger partial charge on any atom is -0.480 e. The molecule has 0 aromatic carbocycles. The summed E-state index contributed by atoms with van der Waals surface area (Å²) in [6.07, 6.45) is 1.31. The molecule has 0 saturated carbocycles. The van der Waals surface area contributed by atoms with Gasteiger partial charge >= 0.3 is 5.97 Å². The van der Waals surface area contributed by atoms with Gasteiger partial charge in [-0.05, 0) is 18.6 Å². The lowest BCUT2D eigenvalue weighted by atomic mass is 10.1. The number of carbonyl (C=O) groups is 1. The summed E-state index contributed by atoms with van der Waals surface area (Å²) in [7, 11) is 0. The Morgan fingerprint density at radius 3 is 2.77 bits per heavy atom. The van der Waals surface area contributed by atoms with Crippen LogP contribution in [0.2, 0.25) is 0 Å². The molecule has 4 N–H and O–H groups in total. The number of nitrogens with one attached hydrogen (secondary N) is 1. The van der Waals surface area contributed by atoms with Gasteiger partial charge in [0.2, 0.25) is 0 Å². The lowest BCUT2D eigenvalue weighted by molar-refractivity contribution is -0.138. The second-order valence-electron chi connectivity index (χ2n) is 2.76. The molecule has 0 fully saturated rings. The zero-order valence-corrected chi connectivity index (χ0v) is 7.07. The zero-order valence-electron chi connectivity index (χ0n) is 7.07. The molecule has 1 aromatic rings. The van der Waals surface area contributed by atoms with E-state index in [2.05, 4.69) is 4.98 Å². The van der Waals surface area contributed by atoms with Crippen molar-refractivity contribution in [1.82, 2.24) is 4.98 Å². The summed E-state index contributed by atoms with van der Waals surface area (Å²) in [6.45, 7) is 1.59. The Morgan fingerprint density at radius 1 is 1.69 bits per heavy atom. The third kappa shape index (κ3) is 1.94. The molecular formula is C8H10N2O3. The fourth-order valence-electron chi connectivity index (χ4n) is 0.942. The van der Waals surface area contributed by atoms with E-state index in [1.165, 1.54) is 12.3 Å². The molecule has 0 aliphatic heterocycles. The summed E-state index contributed by atoms with van der Waals surface area (Å²) >= 11 is 0. The predicted octanol–water partition coefficient (Wildman–Crippen LogP) is -0.232. The molecule has 1 rings (SSSR count). The van der Waals surface area contributed by atoms with Gasteiger partial charge in [0.05, 0.1) is 0 Å². The molecule has 0 saturated heterocycles. The van der Waals surface area contributed by atoms with Crippen molar-refractivity contribution in [2.75, 3.05) is 0 Å². The normalized spacial score (nSPS) is 12.5. The van der Waals surface area contributed by atoms with Crippen LogP contribution >= 0.6 is 0 Å². The van der Waals surface area contributed by atoms with Gasteiger partial charge in [-0.2, -0.15) is 0 Å². The van der Waals surface area contributed by atoms with Crippen molar-refractivity contribution in [3.63, 3.8) is 0 Å². The number of nitrogens with two attached hydrogens (primary N) is 1. The first kappa shape index (κ1) is 9.47. The van der Waals surface area contributed by atoms with E-state index in [0.29, 0.717) is 11.1 Å². The Bertz CT molecular complexity index is 383. The third-order valence-corrected chi connectivity index (χ3v) is 1.74.